The fourth-order valence-corrected chi connectivity index (χ4v) is 1.64. The average molecular weight is 240 g/mol. The van der Waals surface area contributed by atoms with Crippen molar-refractivity contribution in [1.29, 1.82) is 0 Å². The molecule has 1 N–H and O–H groups in total. The number of hydrogen-bond acceptors (Lipinski definition) is 4. The predicted octanol–water partition coefficient (Wildman–Crippen LogP) is 3.00. The number of aromatic hydroxyl groups is 1. The second-order valence-electron chi connectivity index (χ2n) is 3.69. The Morgan fingerprint density at radius 3 is 2.53 bits per heavy atom. The number of rotatable bonds is 2. The molecule has 0 atom stereocenters. The van der Waals surface area contributed by atoms with Gasteiger partial charge in [-0.05, 0) is 25.5 Å². The topological polar surface area (TPSA) is 59.2 Å². The van der Waals surface area contributed by atoms with Gasteiger partial charge in [-0.15, -0.1) is 0 Å². The van der Waals surface area contributed by atoms with Crippen LogP contribution in [0.1, 0.15) is 23.4 Å². The summed E-state index contributed by atoms with van der Waals surface area (Å²) in [6.07, 6.45) is -2.72. The molecule has 0 bridgehead atoms. The van der Waals surface area contributed by atoms with Crippen LogP contribution in [0.5, 0.6) is 5.88 Å². The van der Waals surface area contributed by atoms with Crippen LogP contribution in [0.2, 0.25) is 0 Å². The summed E-state index contributed by atoms with van der Waals surface area (Å²) >= 11 is 0. The fraction of sp³-hybridized carbons (Fsp3) is 0.273. The van der Waals surface area contributed by atoms with Crippen LogP contribution in [0.25, 0.3) is 11.3 Å². The maximum atomic E-state index is 12.3. The lowest BCUT2D eigenvalue weighted by atomic mass is 10.1. The third-order valence-electron chi connectivity index (χ3n) is 2.33. The van der Waals surface area contributed by atoms with Crippen molar-refractivity contribution in [3.8, 4) is 17.1 Å². The van der Waals surface area contributed by atoms with Crippen LogP contribution in [-0.4, -0.2) is 15.2 Å². The van der Waals surface area contributed by atoms with Crippen LogP contribution in [0, 0.1) is 13.8 Å². The number of pyridine rings is 1. The van der Waals surface area contributed by atoms with Gasteiger partial charge in [0.25, 0.3) is 6.43 Å². The van der Waals surface area contributed by atoms with E-state index >= 15 is 0 Å². The van der Waals surface area contributed by atoms with Crippen molar-refractivity contribution in [3.63, 3.8) is 0 Å². The molecular formula is C11H10F2N2O2. The SMILES string of the molecule is Cc1cc(C)c(-c2cc(C(F)F)on2)c(O)n1. The van der Waals surface area contributed by atoms with Gasteiger partial charge in [-0.1, -0.05) is 5.16 Å². The first-order valence-electron chi connectivity index (χ1n) is 4.91. The zero-order chi connectivity index (χ0) is 12.6. The second-order valence-corrected chi connectivity index (χ2v) is 3.69. The standard InChI is InChI=1S/C11H10F2N2O2/c1-5-3-6(2)14-11(16)9(5)7-4-8(10(12)13)17-15-7/h3-4,10H,1-2H3,(H,14,16). The molecule has 0 aliphatic heterocycles. The van der Waals surface area contributed by atoms with E-state index in [0.29, 0.717) is 16.8 Å². The van der Waals surface area contributed by atoms with E-state index in [1.54, 1.807) is 19.9 Å². The molecule has 2 aromatic heterocycles. The van der Waals surface area contributed by atoms with Crippen LogP contribution in [0.3, 0.4) is 0 Å². The number of nitrogens with zero attached hydrogens (tertiary/aromatic N) is 2. The van der Waals surface area contributed by atoms with Crippen LogP contribution in [0.4, 0.5) is 8.78 Å². The Morgan fingerprint density at radius 2 is 2.00 bits per heavy atom. The second kappa shape index (κ2) is 4.12. The van der Waals surface area contributed by atoms with Gasteiger partial charge in [0.1, 0.15) is 5.69 Å². The normalized spacial score (nSPS) is 11.1. The Kier molecular flexibility index (Phi) is 2.79. The molecule has 0 aliphatic carbocycles. The number of halogens is 2. The third-order valence-corrected chi connectivity index (χ3v) is 2.33. The van der Waals surface area contributed by atoms with Crippen molar-refractivity contribution in [1.82, 2.24) is 10.1 Å². The molecule has 0 unspecified atom stereocenters. The molecule has 2 heterocycles. The summed E-state index contributed by atoms with van der Waals surface area (Å²) in [5.41, 5.74) is 1.81. The van der Waals surface area contributed by atoms with Crippen molar-refractivity contribution in [3.05, 3.63) is 29.2 Å². The molecule has 2 rings (SSSR count). The van der Waals surface area contributed by atoms with E-state index in [4.69, 9.17) is 0 Å². The molecular weight excluding hydrogens is 230 g/mol. The highest BCUT2D eigenvalue weighted by Gasteiger charge is 2.19. The van der Waals surface area contributed by atoms with Gasteiger partial charge >= 0.3 is 0 Å². The Morgan fingerprint density at radius 1 is 1.29 bits per heavy atom. The molecule has 90 valence electrons. The molecule has 0 aromatic carbocycles. The quantitative estimate of drug-likeness (QED) is 0.876. The van der Waals surface area contributed by atoms with E-state index in [2.05, 4.69) is 14.7 Å². The summed E-state index contributed by atoms with van der Waals surface area (Å²) < 4.78 is 29.2. The van der Waals surface area contributed by atoms with E-state index in [1.165, 1.54) is 0 Å². The molecule has 17 heavy (non-hydrogen) atoms. The van der Waals surface area contributed by atoms with Crippen LogP contribution in [0.15, 0.2) is 16.7 Å². The smallest absolute Gasteiger partial charge is 0.298 e. The van der Waals surface area contributed by atoms with Crippen LogP contribution >= 0.6 is 0 Å². The highest BCUT2D eigenvalue weighted by Crippen LogP contribution is 2.32. The van der Waals surface area contributed by atoms with E-state index in [-0.39, 0.29) is 11.6 Å². The van der Waals surface area contributed by atoms with Gasteiger partial charge in [-0.25, -0.2) is 13.8 Å². The lowest BCUT2D eigenvalue weighted by Gasteiger charge is -2.05. The number of aryl methyl sites for hydroxylation is 2. The maximum Gasteiger partial charge on any atom is 0.298 e. The number of aromatic nitrogens is 2. The molecule has 2 aromatic rings. The van der Waals surface area contributed by atoms with Gasteiger partial charge in [0.2, 0.25) is 11.6 Å². The van der Waals surface area contributed by atoms with E-state index in [0.717, 1.165) is 6.07 Å². The van der Waals surface area contributed by atoms with E-state index < -0.39 is 12.2 Å². The maximum absolute atomic E-state index is 12.3. The monoisotopic (exact) mass is 240 g/mol. The number of hydrogen-bond donors (Lipinski definition) is 1. The van der Waals surface area contributed by atoms with Crippen molar-refractivity contribution in [2.75, 3.05) is 0 Å². The molecule has 0 saturated carbocycles. The van der Waals surface area contributed by atoms with E-state index in [1.807, 2.05) is 0 Å². The lowest BCUT2D eigenvalue weighted by Crippen LogP contribution is -1.90. The fourth-order valence-electron chi connectivity index (χ4n) is 1.64. The molecule has 0 saturated heterocycles. The highest BCUT2D eigenvalue weighted by atomic mass is 19.3. The minimum Gasteiger partial charge on any atom is -0.493 e. The first kappa shape index (κ1) is 11.5. The summed E-state index contributed by atoms with van der Waals surface area (Å²) in [6, 6.07) is 2.83. The minimum atomic E-state index is -2.72. The van der Waals surface area contributed by atoms with Gasteiger partial charge in [0.15, 0.2) is 0 Å². The molecule has 4 nitrogen and oxygen atoms in total. The van der Waals surface area contributed by atoms with Crippen molar-refractivity contribution < 1.29 is 18.4 Å². The average Bonchev–Trinajstić information content (AvgIpc) is 2.65. The zero-order valence-corrected chi connectivity index (χ0v) is 9.24. The third kappa shape index (κ3) is 2.11. The number of alkyl halides is 2. The lowest BCUT2D eigenvalue weighted by molar-refractivity contribution is 0.112. The van der Waals surface area contributed by atoms with Crippen molar-refractivity contribution >= 4 is 0 Å². The Balaban J connectivity index is 2.52. The Hall–Kier alpha value is -1.98. The largest absolute Gasteiger partial charge is 0.493 e. The molecule has 0 radical (unpaired) electrons. The van der Waals surface area contributed by atoms with Gasteiger partial charge in [0, 0.05) is 11.8 Å². The molecule has 0 fully saturated rings. The Bertz CT molecular complexity index is 529. The summed E-state index contributed by atoms with van der Waals surface area (Å²) in [5.74, 6) is -0.768. The van der Waals surface area contributed by atoms with Gasteiger partial charge in [0.05, 0.1) is 5.56 Å². The summed E-state index contributed by atoms with van der Waals surface area (Å²) in [5, 5.41) is 13.2. The minimum absolute atomic E-state index is 0.155. The molecule has 0 aliphatic rings. The van der Waals surface area contributed by atoms with Gasteiger partial charge in [-0.2, -0.15) is 0 Å². The van der Waals surface area contributed by atoms with Gasteiger partial charge < -0.3 is 9.63 Å². The molecule has 6 heteroatoms. The van der Waals surface area contributed by atoms with Crippen molar-refractivity contribution in [2.24, 2.45) is 0 Å². The summed E-state index contributed by atoms with van der Waals surface area (Å²) in [6.45, 7) is 3.46. The van der Waals surface area contributed by atoms with Crippen LogP contribution < -0.4 is 0 Å². The first-order chi connectivity index (χ1) is 7.99. The van der Waals surface area contributed by atoms with Gasteiger partial charge in [-0.3, -0.25) is 0 Å². The van der Waals surface area contributed by atoms with E-state index in [9.17, 15) is 13.9 Å². The van der Waals surface area contributed by atoms with Crippen LogP contribution in [-0.2, 0) is 0 Å². The van der Waals surface area contributed by atoms with Crippen molar-refractivity contribution in [2.45, 2.75) is 20.3 Å². The predicted molar refractivity (Wildman–Crippen MR) is 55.8 cm³/mol. The molecule has 0 spiro atoms. The molecule has 0 amide bonds. The summed E-state index contributed by atoms with van der Waals surface area (Å²) in [4.78, 5) is 3.85. The first-order valence-corrected chi connectivity index (χ1v) is 4.91. The zero-order valence-electron chi connectivity index (χ0n) is 9.24. The summed E-state index contributed by atoms with van der Waals surface area (Å²) in [7, 11) is 0. The Labute approximate surface area is 95.9 Å². The highest BCUT2D eigenvalue weighted by molar-refractivity contribution is 5.68.